The van der Waals surface area contributed by atoms with Crippen LogP contribution in [0.4, 0.5) is 0 Å². The smallest absolute Gasteiger partial charge is 0.0184 e. The molecule has 1 rings (SSSR count). The first-order valence-electron chi connectivity index (χ1n) is 10.2. The van der Waals surface area contributed by atoms with Gasteiger partial charge < -0.3 is 0 Å². The highest BCUT2D eigenvalue weighted by Gasteiger charge is 2.39. The largest absolute Gasteiger partial charge is 0.296 e. The third kappa shape index (κ3) is 6.02. The van der Waals surface area contributed by atoms with Crippen LogP contribution in [0.15, 0.2) is 0 Å². The van der Waals surface area contributed by atoms with Crippen molar-refractivity contribution in [2.45, 2.75) is 106 Å². The molecule has 1 heterocycles. The second-order valence-electron chi connectivity index (χ2n) is 11.1. The quantitative estimate of drug-likeness (QED) is 0.577. The van der Waals surface area contributed by atoms with Gasteiger partial charge in [0.05, 0.1) is 0 Å². The van der Waals surface area contributed by atoms with E-state index in [1.807, 2.05) is 0 Å². The van der Waals surface area contributed by atoms with Gasteiger partial charge in [0.1, 0.15) is 0 Å². The lowest BCUT2D eigenvalue weighted by Gasteiger charge is -2.52. The Morgan fingerprint density at radius 3 is 1.46 bits per heavy atom. The fraction of sp³-hybridized carbons (Fsp3) is 1.00. The van der Waals surface area contributed by atoms with Crippen molar-refractivity contribution in [2.24, 2.45) is 10.8 Å². The Hall–Kier alpha value is -0.0800. The standard InChI is InChI=1S/C22H46N2/c1-11-20(6,7)18-21(8,9)23-13-15-24(16-14-23)22(10,12-2)17-19(3,4)5/h11-18H2,1-10H3. The van der Waals surface area contributed by atoms with Gasteiger partial charge in [0.15, 0.2) is 0 Å². The molecule has 1 aliphatic heterocycles. The summed E-state index contributed by atoms with van der Waals surface area (Å²) >= 11 is 0. The predicted octanol–water partition coefficient (Wildman–Crippen LogP) is 5.81. The number of nitrogens with zero attached hydrogens (tertiary/aromatic N) is 2. The van der Waals surface area contributed by atoms with E-state index < -0.39 is 0 Å². The lowest BCUT2D eigenvalue weighted by Crippen LogP contribution is -2.60. The zero-order valence-corrected chi connectivity index (χ0v) is 18.6. The van der Waals surface area contributed by atoms with E-state index in [9.17, 15) is 0 Å². The van der Waals surface area contributed by atoms with Crippen molar-refractivity contribution in [1.29, 1.82) is 0 Å². The Kier molecular flexibility index (Phi) is 7.01. The van der Waals surface area contributed by atoms with E-state index in [-0.39, 0.29) is 0 Å². The van der Waals surface area contributed by atoms with E-state index in [0.29, 0.717) is 21.9 Å². The van der Waals surface area contributed by atoms with Gasteiger partial charge in [0.2, 0.25) is 0 Å². The van der Waals surface area contributed by atoms with Crippen LogP contribution in [0.3, 0.4) is 0 Å². The summed E-state index contributed by atoms with van der Waals surface area (Å²) in [6.07, 6.45) is 5.07. The highest BCUT2D eigenvalue weighted by atomic mass is 15.3. The number of rotatable bonds is 7. The van der Waals surface area contributed by atoms with Crippen LogP contribution in [0.1, 0.15) is 94.9 Å². The molecule has 144 valence electrons. The van der Waals surface area contributed by atoms with Crippen molar-refractivity contribution in [1.82, 2.24) is 9.80 Å². The Bertz CT molecular complexity index is 383. The molecule has 0 aromatic heterocycles. The molecule has 0 aliphatic carbocycles. The summed E-state index contributed by atoms with van der Waals surface area (Å²) in [6, 6.07) is 0. The first-order chi connectivity index (χ1) is 10.7. The van der Waals surface area contributed by atoms with Crippen LogP contribution in [0.5, 0.6) is 0 Å². The molecule has 0 spiro atoms. The van der Waals surface area contributed by atoms with Gasteiger partial charge in [-0.1, -0.05) is 54.9 Å². The molecule has 1 unspecified atom stereocenters. The van der Waals surface area contributed by atoms with Gasteiger partial charge in [-0.2, -0.15) is 0 Å². The van der Waals surface area contributed by atoms with Crippen LogP contribution in [0.2, 0.25) is 0 Å². The molecule has 0 aromatic rings. The molecular formula is C22H46N2. The predicted molar refractivity (Wildman–Crippen MR) is 109 cm³/mol. The second-order valence-corrected chi connectivity index (χ2v) is 11.1. The third-order valence-electron chi connectivity index (χ3n) is 6.44. The normalized spacial score (nSPS) is 21.8. The molecule has 0 radical (unpaired) electrons. The minimum atomic E-state index is 0.304. The van der Waals surface area contributed by atoms with Crippen molar-refractivity contribution in [3.63, 3.8) is 0 Å². The molecule has 0 aromatic carbocycles. The average Bonchev–Trinajstić information content (AvgIpc) is 2.44. The molecule has 1 atom stereocenters. The molecule has 0 N–H and O–H groups in total. The first-order valence-corrected chi connectivity index (χ1v) is 10.2. The molecule has 2 heteroatoms. The summed E-state index contributed by atoms with van der Waals surface area (Å²) in [5.74, 6) is 0. The van der Waals surface area contributed by atoms with Crippen LogP contribution in [0.25, 0.3) is 0 Å². The first kappa shape index (κ1) is 22.0. The zero-order chi connectivity index (χ0) is 18.8. The molecule has 0 saturated carbocycles. The van der Waals surface area contributed by atoms with Crippen molar-refractivity contribution in [2.75, 3.05) is 26.2 Å². The van der Waals surface area contributed by atoms with Crippen molar-refractivity contribution < 1.29 is 0 Å². The van der Waals surface area contributed by atoms with Gasteiger partial charge in [-0.05, 0) is 50.9 Å². The molecule has 24 heavy (non-hydrogen) atoms. The van der Waals surface area contributed by atoms with Crippen LogP contribution in [-0.2, 0) is 0 Å². The molecule has 0 bridgehead atoms. The Labute approximate surface area is 153 Å². The van der Waals surface area contributed by atoms with E-state index in [1.54, 1.807) is 0 Å². The van der Waals surface area contributed by atoms with Gasteiger partial charge in [0, 0.05) is 37.3 Å². The maximum absolute atomic E-state index is 2.77. The van der Waals surface area contributed by atoms with Gasteiger partial charge >= 0.3 is 0 Å². The zero-order valence-electron chi connectivity index (χ0n) is 18.6. The topological polar surface area (TPSA) is 6.48 Å². The van der Waals surface area contributed by atoms with Crippen LogP contribution < -0.4 is 0 Å². The van der Waals surface area contributed by atoms with Crippen LogP contribution in [0, 0.1) is 10.8 Å². The second kappa shape index (κ2) is 7.66. The van der Waals surface area contributed by atoms with E-state index in [2.05, 4.69) is 79.0 Å². The van der Waals surface area contributed by atoms with E-state index in [1.165, 1.54) is 51.9 Å². The fourth-order valence-corrected chi connectivity index (χ4v) is 4.86. The highest BCUT2D eigenvalue weighted by Crippen LogP contribution is 2.37. The van der Waals surface area contributed by atoms with E-state index in [0.717, 1.165) is 0 Å². The van der Waals surface area contributed by atoms with Gasteiger partial charge in [-0.3, -0.25) is 9.80 Å². The number of hydrogen-bond acceptors (Lipinski definition) is 2. The Morgan fingerprint density at radius 1 is 0.625 bits per heavy atom. The minimum Gasteiger partial charge on any atom is -0.296 e. The summed E-state index contributed by atoms with van der Waals surface area (Å²) in [5.41, 5.74) is 1.48. The van der Waals surface area contributed by atoms with Crippen molar-refractivity contribution >= 4 is 0 Å². The Morgan fingerprint density at radius 2 is 1.08 bits per heavy atom. The summed E-state index contributed by atoms with van der Waals surface area (Å²) in [6.45, 7) is 28.9. The number of hydrogen-bond donors (Lipinski definition) is 0. The molecule has 1 fully saturated rings. The average molecular weight is 339 g/mol. The number of piperazine rings is 1. The molecular weight excluding hydrogens is 292 g/mol. The molecule has 1 aliphatic rings. The summed E-state index contributed by atoms with van der Waals surface area (Å²) in [7, 11) is 0. The lowest BCUT2D eigenvalue weighted by atomic mass is 9.76. The van der Waals surface area contributed by atoms with Gasteiger partial charge in [-0.15, -0.1) is 0 Å². The van der Waals surface area contributed by atoms with Crippen LogP contribution >= 0.6 is 0 Å². The summed E-state index contributed by atoms with van der Waals surface area (Å²) in [4.78, 5) is 5.52. The molecule has 1 saturated heterocycles. The highest BCUT2D eigenvalue weighted by molar-refractivity contribution is 4.95. The van der Waals surface area contributed by atoms with E-state index >= 15 is 0 Å². The van der Waals surface area contributed by atoms with E-state index in [4.69, 9.17) is 0 Å². The Balaban J connectivity index is 2.71. The molecule has 2 nitrogen and oxygen atoms in total. The summed E-state index contributed by atoms with van der Waals surface area (Å²) in [5, 5.41) is 0. The lowest BCUT2D eigenvalue weighted by molar-refractivity contribution is -0.0253. The van der Waals surface area contributed by atoms with Crippen molar-refractivity contribution in [3.8, 4) is 0 Å². The van der Waals surface area contributed by atoms with Gasteiger partial charge in [0.25, 0.3) is 0 Å². The fourth-order valence-electron chi connectivity index (χ4n) is 4.86. The molecule has 0 amide bonds. The maximum atomic E-state index is 2.77. The third-order valence-corrected chi connectivity index (χ3v) is 6.44. The minimum absolute atomic E-state index is 0.304. The summed E-state index contributed by atoms with van der Waals surface area (Å²) < 4.78 is 0. The van der Waals surface area contributed by atoms with Crippen LogP contribution in [-0.4, -0.2) is 47.1 Å². The van der Waals surface area contributed by atoms with Gasteiger partial charge in [-0.25, -0.2) is 0 Å². The SMILES string of the molecule is CCC(C)(C)CC(C)(C)N1CCN(C(C)(CC)CC(C)(C)C)CC1. The monoisotopic (exact) mass is 338 g/mol. The maximum Gasteiger partial charge on any atom is 0.0184 e. The van der Waals surface area contributed by atoms with Crippen molar-refractivity contribution in [3.05, 3.63) is 0 Å².